The summed E-state index contributed by atoms with van der Waals surface area (Å²) >= 11 is 0. The molecule has 0 radical (unpaired) electrons. The summed E-state index contributed by atoms with van der Waals surface area (Å²) in [4.78, 5) is 25.7. The number of nitro benzene ring substituents is 1. The molecule has 122 valence electrons. The lowest BCUT2D eigenvalue weighted by atomic mass is 10.1. The number of nitro groups is 1. The fourth-order valence-electron chi connectivity index (χ4n) is 1.55. The third kappa shape index (κ3) is 4.39. The standard InChI is InChI=1S/C11H8F3N5O4/c12-11(13,14)4-23-6-1-2-8(19(21)22)7(3-6)9(20)17-10-15-5-16-18-10/h1-3,5H,4H2,(H2,15,16,17,18,20). The molecular formula is C11H8F3N5O4. The van der Waals surface area contributed by atoms with Crippen LogP contribution in [-0.4, -0.2) is 38.8 Å². The Bertz CT molecular complexity index is 717. The SMILES string of the molecule is O=C(Nc1ncn[nH]1)c1cc(OCC(F)(F)F)ccc1[N+](=O)[O-]. The van der Waals surface area contributed by atoms with Gasteiger partial charge in [0.25, 0.3) is 11.6 Å². The van der Waals surface area contributed by atoms with Crippen molar-refractivity contribution < 1.29 is 27.6 Å². The summed E-state index contributed by atoms with van der Waals surface area (Å²) < 4.78 is 40.9. The molecule has 1 amide bonds. The van der Waals surface area contributed by atoms with Crippen LogP contribution in [0.15, 0.2) is 24.5 Å². The number of benzene rings is 1. The quantitative estimate of drug-likeness (QED) is 0.637. The van der Waals surface area contributed by atoms with E-state index in [1.54, 1.807) is 0 Å². The summed E-state index contributed by atoms with van der Waals surface area (Å²) in [5.41, 5.74) is -1.08. The first kappa shape index (κ1) is 16.2. The average Bonchev–Trinajstić information content (AvgIpc) is 2.96. The molecule has 1 heterocycles. The maximum absolute atomic E-state index is 12.1. The van der Waals surface area contributed by atoms with E-state index in [9.17, 15) is 28.1 Å². The number of nitrogens with one attached hydrogen (secondary N) is 2. The monoisotopic (exact) mass is 331 g/mol. The number of hydrogen-bond acceptors (Lipinski definition) is 6. The van der Waals surface area contributed by atoms with Gasteiger partial charge < -0.3 is 4.74 Å². The van der Waals surface area contributed by atoms with Crippen molar-refractivity contribution in [2.24, 2.45) is 0 Å². The maximum Gasteiger partial charge on any atom is 0.422 e. The van der Waals surface area contributed by atoms with Crippen LogP contribution in [0.1, 0.15) is 10.4 Å². The molecule has 23 heavy (non-hydrogen) atoms. The van der Waals surface area contributed by atoms with Crippen molar-refractivity contribution in [1.29, 1.82) is 0 Å². The van der Waals surface area contributed by atoms with Crippen molar-refractivity contribution >= 4 is 17.5 Å². The molecule has 0 unspecified atom stereocenters. The van der Waals surface area contributed by atoms with Gasteiger partial charge in [0.05, 0.1) is 4.92 Å². The highest BCUT2D eigenvalue weighted by atomic mass is 19.4. The van der Waals surface area contributed by atoms with Gasteiger partial charge in [-0.15, -0.1) is 0 Å². The summed E-state index contributed by atoms with van der Waals surface area (Å²) in [7, 11) is 0. The van der Waals surface area contributed by atoms with E-state index >= 15 is 0 Å². The van der Waals surface area contributed by atoms with Crippen molar-refractivity contribution in [3.8, 4) is 5.75 Å². The van der Waals surface area contributed by atoms with E-state index in [1.807, 2.05) is 0 Å². The predicted octanol–water partition coefficient (Wildman–Crippen LogP) is 1.91. The highest BCUT2D eigenvalue weighted by Crippen LogP contribution is 2.26. The lowest BCUT2D eigenvalue weighted by molar-refractivity contribution is -0.385. The fourth-order valence-corrected chi connectivity index (χ4v) is 1.55. The van der Waals surface area contributed by atoms with Crippen LogP contribution in [0.2, 0.25) is 0 Å². The third-order valence-electron chi connectivity index (χ3n) is 2.46. The minimum atomic E-state index is -4.58. The number of aromatic nitrogens is 3. The highest BCUT2D eigenvalue weighted by Gasteiger charge is 2.29. The van der Waals surface area contributed by atoms with Crippen LogP contribution >= 0.6 is 0 Å². The van der Waals surface area contributed by atoms with Crippen molar-refractivity contribution in [2.45, 2.75) is 6.18 Å². The van der Waals surface area contributed by atoms with Crippen molar-refractivity contribution in [3.63, 3.8) is 0 Å². The van der Waals surface area contributed by atoms with Crippen molar-refractivity contribution in [1.82, 2.24) is 15.2 Å². The molecule has 1 aromatic carbocycles. The Kier molecular flexibility index (Phi) is 4.43. The van der Waals surface area contributed by atoms with E-state index in [4.69, 9.17) is 0 Å². The molecule has 1 aromatic heterocycles. The van der Waals surface area contributed by atoms with Gasteiger partial charge in [0.15, 0.2) is 6.61 Å². The van der Waals surface area contributed by atoms with Gasteiger partial charge in [-0.3, -0.25) is 20.2 Å². The normalized spacial score (nSPS) is 11.1. The van der Waals surface area contributed by atoms with Crippen LogP contribution in [0.5, 0.6) is 5.75 Å². The zero-order valence-electron chi connectivity index (χ0n) is 11.1. The molecule has 0 aliphatic rings. The topological polar surface area (TPSA) is 123 Å². The second kappa shape index (κ2) is 6.29. The van der Waals surface area contributed by atoms with Gasteiger partial charge in [-0.05, 0) is 12.1 Å². The molecule has 0 saturated carbocycles. The number of ether oxygens (including phenoxy) is 1. The molecule has 0 aliphatic carbocycles. The van der Waals surface area contributed by atoms with Crippen molar-refractivity contribution in [3.05, 3.63) is 40.2 Å². The molecule has 0 aliphatic heterocycles. The average molecular weight is 331 g/mol. The fraction of sp³-hybridized carbons (Fsp3) is 0.182. The van der Waals surface area contributed by atoms with Gasteiger partial charge in [-0.2, -0.15) is 23.3 Å². The first-order valence-corrected chi connectivity index (χ1v) is 5.91. The highest BCUT2D eigenvalue weighted by molar-refractivity contribution is 6.06. The first-order chi connectivity index (χ1) is 10.8. The number of rotatable bonds is 5. The number of amides is 1. The van der Waals surface area contributed by atoms with Crippen LogP contribution in [0.3, 0.4) is 0 Å². The third-order valence-corrected chi connectivity index (χ3v) is 2.46. The summed E-state index contributed by atoms with van der Waals surface area (Å²) in [5.74, 6) is -1.37. The number of halogens is 3. The molecule has 2 aromatic rings. The number of hydrogen-bond donors (Lipinski definition) is 2. The van der Waals surface area contributed by atoms with E-state index in [-0.39, 0.29) is 11.7 Å². The van der Waals surface area contributed by atoms with Crippen LogP contribution < -0.4 is 10.1 Å². The molecule has 2 rings (SSSR count). The lowest BCUT2D eigenvalue weighted by Gasteiger charge is -2.10. The van der Waals surface area contributed by atoms with Gasteiger partial charge in [-0.1, -0.05) is 0 Å². The Morgan fingerprint density at radius 3 is 2.74 bits per heavy atom. The Labute approximate surface area is 125 Å². The number of alkyl halides is 3. The summed E-state index contributed by atoms with van der Waals surface area (Å²) in [6.07, 6.45) is -3.49. The largest absolute Gasteiger partial charge is 0.484 e. The Morgan fingerprint density at radius 1 is 1.43 bits per heavy atom. The predicted molar refractivity (Wildman–Crippen MR) is 69.0 cm³/mol. The number of aromatic amines is 1. The molecule has 0 bridgehead atoms. The second-order valence-corrected chi connectivity index (χ2v) is 4.13. The first-order valence-electron chi connectivity index (χ1n) is 5.91. The number of carbonyl (C=O) groups excluding carboxylic acids is 1. The van der Waals surface area contributed by atoms with Crippen molar-refractivity contribution in [2.75, 3.05) is 11.9 Å². The Morgan fingerprint density at radius 2 is 2.17 bits per heavy atom. The van der Waals surface area contributed by atoms with Gasteiger partial charge in [0.2, 0.25) is 5.95 Å². The van der Waals surface area contributed by atoms with Gasteiger partial charge in [0, 0.05) is 6.07 Å². The van der Waals surface area contributed by atoms with E-state index in [0.29, 0.717) is 0 Å². The van der Waals surface area contributed by atoms with E-state index in [1.165, 1.54) is 0 Å². The zero-order valence-corrected chi connectivity index (χ0v) is 11.1. The number of carbonyl (C=O) groups is 1. The van der Waals surface area contributed by atoms with Gasteiger partial charge in [-0.25, -0.2) is 5.10 Å². The number of H-pyrrole nitrogens is 1. The van der Waals surface area contributed by atoms with E-state index < -0.39 is 34.9 Å². The number of nitrogens with zero attached hydrogens (tertiary/aromatic N) is 3. The summed E-state index contributed by atoms with van der Waals surface area (Å²) in [5, 5.41) is 18.9. The molecule has 0 atom stereocenters. The van der Waals surface area contributed by atoms with Crippen LogP contribution in [0, 0.1) is 10.1 Å². The Hall–Kier alpha value is -3.18. The molecule has 0 saturated heterocycles. The zero-order chi connectivity index (χ0) is 17.0. The van der Waals surface area contributed by atoms with Crippen LogP contribution in [0.25, 0.3) is 0 Å². The van der Waals surface area contributed by atoms with E-state index in [2.05, 4.69) is 25.2 Å². The molecule has 12 heteroatoms. The van der Waals surface area contributed by atoms with E-state index in [0.717, 1.165) is 24.5 Å². The van der Waals surface area contributed by atoms with Gasteiger partial charge >= 0.3 is 6.18 Å². The minimum Gasteiger partial charge on any atom is -0.484 e. The minimum absolute atomic E-state index is 0.0779. The molecular weight excluding hydrogens is 323 g/mol. The summed E-state index contributed by atoms with van der Waals surface area (Å²) in [6.45, 7) is -1.59. The summed E-state index contributed by atoms with van der Waals surface area (Å²) in [6, 6.07) is 2.69. The molecule has 9 nitrogen and oxygen atoms in total. The van der Waals surface area contributed by atoms with Gasteiger partial charge in [0.1, 0.15) is 17.6 Å². The maximum atomic E-state index is 12.1. The molecule has 2 N–H and O–H groups in total. The van der Waals surface area contributed by atoms with Crippen LogP contribution in [-0.2, 0) is 0 Å². The molecule has 0 spiro atoms. The molecule has 0 fully saturated rings. The lowest BCUT2D eigenvalue weighted by Crippen LogP contribution is -2.20. The second-order valence-electron chi connectivity index (χ2n) is 4.13. The van der Waals surface area contributed by atoms with Crippen LogP contribution in [0.4, 0.5) is 24.8 Å². The smallest absolute Gasteiger partial charge is 0.422 e. The Balaban J connectivity index is 2.26. The number of anilines is 1.